The number of carbonyl (C=O) groups excluding carboxylic acids is 4. The van der Waals surface area contributed by atoms with Crippen molar-refractivity contribution >= 4 is 40.9 Å². The maximum Gasteiger partial charge on any atom is 0.308 e. The zero-order chi connectivity index (χ0) is 33.1. The van der Waals surface area contributed by atoms with E-state index in [1.54, 1.807) is 18.2 Å². The van der Waals surface area contributed by atoms with Gasteiger partial charge in [0.2, 0.25) is 0 Å². The third-order valence-electron chi connectivity index (χ3n) is 6.92. The molecule has 0 aliphatic carbocycles. The molecule has 3 rings (SSSR count). The van der Waals surface area contributed by atoms with Crippen LogP contribution in [0.3, 0.4) is 0 Å². The van der Waals surface area contributed by atoms with Crippen molar-refractivity contribution < 1.29 is 33.4 Å². The number of para-hydroxylation sites is 1. The standard InChI is InChI=1S/C36H40N2O7/c1-8-23(3)13-10-15-28(9-2)16-11-14-24(4)19-20-38-31-21-29(43-25(5)39)22-33(45-27(7)41)35(31)37-34-30(36(38)42)17-12-18-32(34)44-26(6)40/h8-9,12-13,16-19,21-22,37H,1-2,10-11,14-15,20H2,3-7H3/b23-13-,24-19+,28-16+. The van der Waals surface area contributed by atoms with Gasteiger partial charge in [0, 0.05) is 39.4 Å². The quantitative estimate of drug-likeness (QED) is 0.105. The minimum atomic E-state index is -0.621. The summed E-state index contributed by atoms with van der Waals surface area (Å²) in [6, 6.07) is 7.69. The van der Waals surface area contributed by atoms with Gasteiger partial charge in [0.1, 0.15) is 11.4 Å². The van der Waals surface area contributed by atoms with Gasteiger partial charge in [0.25, 0.3) is 5.91 Å². The third kappa shape index (κ3) is 9.66. The number of nitrogens with one attached hydrogen (secondary N) is 1. The molecule has 236 valence electrons. The summed E-state index contributed by atoms with van der Waals surface area (Å²) in [5.41, 5.74) is 4.39. The van der Waals surface area contributed by atoms with Crippen LogP contribution in [0.4, 0.5) is 17.1 Å². The number of anilines is 3. The van der Waals surface area contributed by atoms with Crippen LogP contribution in [0.1, 0.15) is 70.7 Å². The zero-order valence-corrected chi connectivity index (χ0v) is 26.5. The van der Waals surface area contributed by atoms with Crippen LogP contribution in [0.2, 0.25) is 0 Å². The van der Waals surface area contributed by atoms with E-state index in [9.17, 15) is 19.2 Å². The predicted molar refractivity (Wildman–Crippen MR) is 176 cm³/mol. The van der Waals surface area contributed by atoms with Crippen molar-refractivity contribution in [2.24, 2.45) is 0 Å². The molecule has 1 N–H and O–H groups in total. The Morgan fingerprint density at radius 1 is 0.800 bits per heavy atom. The Hall–Kier alpha value is -5.18. The van der Waals surface area contributed by atoms with Gasteiger partial charge >= 0.3 is 17.9 Å². The molecule has 0 bridgehead atoms. The monoisotopic (exact) mass is 612 g/mol. The van der Waals surface area contributed by atoms with E-state index in [1.165, 1.54) is 37.8 Å². The Bertz CT molecular complexity index is 1600. The second-order valence-electron chi connectivity index (χ2n) is 10.6. The van der Waals surface area contributed by atoms with Gasteiger partial charge in [-0.25, -0.2) is 0 Å². The first-order chi connectivity index (χ1) is 21.4. The Morgan fingerprint density at radius 2 is 1.47 bits per heavy atom. The maximum absolute atomic E-state index is 14.1. The lowest BCUT2D eigenvalue weighted by Gasteiger charge is -2.23. The average molecular weight is 613 g/mol. The minimum absolute atomic E-state index is 0.0282. The van der Waals surface area contributed by atoms with Crippen molar-refractivity contribution in [3.05, 3.63) is 96.2 Å². The number of fused-ring (bicyclic) bond motifs is 2. The van der Waals surface area contributed by atoms with E-state index < -0.39 is 23.8 Å². The summed E-state index contributed by atoms with van der Waals surface area (Å²) >= 11 is 0. The van der Waals surface area contributed by atoms with Gasteiger partial charge in [0.05, 0.1) is 16.9 Å². The molecule has 1 aliphatic rings. The molecule has 9 nitrogen and oxygen atoms in total. The number of hydrogen-bond donors (Lipinski definition) is 1. The zero-order valence-electron chi connectivity index (χ0n) is 26.5. The van der Waals surface area contributed by atoms with Crippen LogP contribution >= 0.6 is 0 Å². The number of benzene rings is 2. The summed E-state index contributed by atoms with van der Waals surface area (Å²) in [5.74, 6) is -1.93. The molecule has 0 fully saturated rings. The molecule has 0 saturated carbocycles. The van der Waals surface area contributed by atoms with Crippen molar-refractivity contribution in [1.29, 1.82) is 0 Å². The smallest absolute Gasteiger partial charge is 0.308 e. The lowest BCUT2D eigenvalue weighted by molar-refractivity contribution is -0.132. The highest BCUT2D eigenvalue weighted by atomic mass is 16.5. The molecule has 1 heterocycles. The molecule has 2 aromatic rings. The normalized spacial score (nSPS) is 13.1. The predicted octanol–water partition coefficient (Wildman–Crippen LogP) is 7.92. The van der Waals surface area contributed by atoms with Gasteiger partial charge in [-0.3, -0.25) is 19.2 Å². The molecule has 1 amide bonds. The van der Waals surface area contributed by atoms with E-state index in [0.29, 0.717) is 5.69 Å². The van der Waals surface area contributed by atoms with Crippen LogP contribution < -0.4 is 24.4 Å². The van der Waals surface area contributed by atoms with Gasteiger partial charge in [-0.15, -0.1) is 0 Å². The summed E-state index contributed by atoms with van der Waals surface area (Å²) < 4.78 is 16.2. The van der Waals surface area contributed by atoms with E-state index >= 15 is 0 Å². The van der Waals surface area contributed by atoms with Gasteiger partial charge in [-0.1, -0.05) is 66.3 Å². The highest BCUT2D eigenvalue weighted by Gasteiger charge is 2.32. The van der Waals surface area contributed by atoms with Crippen molar-refractivity contribution in [2.75, 3.05) is 16.8 Å². The lowest BCUT2D eigenvalue weighted by atomic mass is 10.0. The van der Waals surface area contributed by atoms with Crippen LogP contribution in [0.15, 0.2) is 90.6 Å². The summed E-state index contributed by atoms with van der Waals surface area (Å²) in [5, 5.41) is 3.16. The fraction of sp³-hybridized carbons (Fsp3) is 0.278. The number of allylic oxidation sites excluding steroid dienone is 7. The SMILES string of the molecule is C=C/C(C)=C\CC/C(C=C)=C/CC/C(C)=C/CN1C(=O)c2cccc(OC(C)=O)c2Nc2c(OC(C)=O)cc(OC(C)=O)cc21. The van der Waals surface area contributed by atoms with Gasteiger partial charge in [-0.05, 0) is 51.7 Å². The molecule has 2 aromatic carbocycles. The van der Waals surface area contributed by atoms with E-state index in [0.717, 1.165) is 42.4 Å². The fourth-order valence-electron chi connectivity index (χ4n) is 4.69. The van der Waals surface area contributed by atoms with Crippen LogP contribution in [-0.4, -0.2) is 30.4 Å². The molecule has 0 spiro atoms. The first-order valence-electron chi connectivity index (χ1n) is 14.6. The molecule has 1 aliphatic heterocycles. The molecule has 0 atom stereocenters. The van der Waals surface area contributed by atoms with Gasteiger partial charge < -0.3 is 24.4 Å². The summed E-state index contributed by atoms with van der Waals surface area (Å²) in [4.78, 5) is 51.4. The second kappa shape index (κ2) is 16.0. The lowest BCUT2D eigenvalue weighted by Crippen LogP contribution is -2.31. The van der Waals surface area contributed by atoms with Crippen LogP contribution in [0, 0.1) is 0 Å². The number of esters is 3. The Balaban J connectivity index is 2.01. The summed E-state index contributed by atoms with van der Waals surface area (Å²) in [6.07, 6.45) is 13.3. The van der Waals surface area contributed by atoms with Crippen molar-refractivity contribution in [3.8, 4) is 17.2 Å². The highest BCUT2D eigenvalue weighted by Crippen LogP contribution is 2.47. The third-order valence-corrected chi connectivity index (χ3v) is 6.92. The molecular weight excluding hydrogens is 572 g/mol. The number of nitrogens with zero attached hydrogens (tertiary/aromatic N) is 1. The van der Waals surface area contributed by atoms with Crippen molar-refractivity contribution in [2.45, 2.75) is 60.3 Å². The number of rotatable bonds is 13. The number of hydrogen-bond acceptors (Lipinski definition) is 8. The summed E-state index contributed by atoms with van der Waals surface area (Å²) in [7, 11) is 0. The average Bonchev–Trinajstić information content (AvgIpc) is 3.09. The van der Waals surface area contributed by atoms with Crippen LogP contribution in [0.5, 0.6) is 17.2 Å². The Morgan fingerprint density at radius 3 is 2.11 bits per heavy atom. The number of amides is 1. The molecule has 0 saturated heterocycles. The molecule has 0 radical (unpaired) electrons. The molecule has 45 heavy (non-hydrogen) atoms. The molecule has 0 unspecified atom stereocenters. The molecule has 9 heteroatoms. The number of ether oxygens (including phenoxy) is 3. The van der Waals surface area contributed by atoms with E-state index in [4.69, 9.17) is 14.2 Å². The minimum Gasteiger partial charge on any atom is -0.427 e. The molecular formula is C36H40N2O7. The van der Waals surface area contributed by atoms with Crippen LogP contribution in [-0.2, 0) is 14.4 Å². The number of carbonyl (C=O) groups is 4. The van der Waals surface area contributed by atoms with Crippen molar-refractivity contribution in [3.63, 3.8) is 0 Å². The first-order valence-corrected chi connectivity index (χ1v) is 14.6. The summed E-state index contributed by atoms with van der Waals surface area (Å²) in [6.45, 7) is 15.6. The highest BCUT2D eigenvalue weighted by molar-refractivity contribution is 6.15. The Kier molecular flexibility index (Phi) is 12.2. The van der Waals surface area contributed by atoms with E-state index in [2.05, 4.69) is 30.6 Å². The van der Waals surface area contributed by atoms with Gasteiger partial charge in [-0.2, -0.15) is 0 Å². The second-order valence-corrected chi connectivity index (χ2v) is 10.6. The molecule has 0 aromatic heterocycles. The van der Waals surface area contributed by atoms with Gasteiger partial charge in [0.15, 0.2) is 11.5 Å². The first kappa shape index (κ1) is 34.3. The van der Waals surface area contributed by atoms with E-state index in [-0.39, 0.29) is 40.7 Å². The maximum atomic E-state index is 14.1. The van der Waals surface area contributed by atoms with E-state index in [1.807, 2.05) is 32.1 Å². The largest absolute Gasteiger partial charge is 0.427 e. The van der Waals surface area contributed by atoms with Crippen LogP contribution in [0.25, 0.3) is 0 Å². The topological polar surface area (TPSA) is 111 Å². The van der Waals surface area contributed by atoms with Crippen molar-refractivity contribution in [1.82, 2.24) is 0 Å². The Labute approximate surface area is 264 Å². The fourth-order valence-corrected chi connectivity index (χ4v) is 4.69.